The van der Waals surface area contributed by atoms with Gasteiger partial charge in [0.15, 0.2) is 0 Å². The van der Waals surface area contributed by atoms with Gasteiger partial charge in [0.1, 0.15) is 5.75 Å². The van der Waals surface area contributed by atoms with E-state index >= 15 is 0 Å². The van der Waals surface area contributed by atoms with Gasteiger partial charge in [-0.15, -0.1) is 0 Å². The van der Waals surface area contributed by atoms with Crippen molar-refractivity contribution in [1.82, 2.24) is 0 Å². The van der Waals surface area contributed by atoms with Crippen LogP contribution < -0.4 is 4.74 Å². The minimum atomic E-state index is -0.395. The van der Waals surface area contributed by atoms with Crippen LogP contribution in [0.3, 0.4) is 0 Å². The van der Waals surface area contributed by atoms with E-state index in [1.54, 1.807) is 12.1 Å². The summed E-state index contributed by atoms with van der Waals surface area (Å²) in [7, 11) is 0. The minimum absolute atomic E-state index is 0.104. The van der Waals surface area contributed by atoms with Gasteiger partial charge in [-0.05, 0) is 18.6 Å². The van der Waals surface area contributed by atoms with Gasteiger partial charge in [0.25, 0.3) is 5.69 Å². The fourth-order valence-electron chi connectivity index (χ4n) is 2.62. The molecule has 0 bridgehead atoms. The van der Waals surface area contributed by atoms with E-state index in [0.717, 1.165) is 6.42 Å². The molecule has 0 saturated carbocycles. The molecule has 0 atom stereocenters. The highest BCUT2D eigenvalue weighted by atomic mass is 16.6. The number of rotatable bonds is 14. The van der Waals surface area contributed by atoms with Crippen LogP contribution in [0.1, 0.15) is 77.6 Å². The molecule has 0 radical (unpaired) electrons. The van der Waals surface area contributed by atoms with E-state index in [-0.39, 0.29) is 5.69 Å². The molecule has 1 aromatic rings. The van der Waals surface area contributed by atoms with Gasteiger partial charge >= 0.3 is 0 Å². The summed E-state index contributed by atoms with van der Waals surface area (Å²) in [6.07, 6.45) is 14.5. The van der Waals surface area contributed by atoms with E-state index < -0.39 is 4.92 Å². The SMILES string of the molecule is CCCCCCCCCCCCCOc1ccc([N+](=O)[O-])cc1. The van der Waals surface area contributed by atoms with Crippen LogP contribution in [0, 0.1) is 10.1 Å². The highest BCUT2D eigenvalue weighted by molar-refractivity contribution is 5.35. The number of non-ortho nitro benzene ring substituents is 1. The predicted octanol–water partition coefficient (Wildman–Crippen LogP) is 6.28. The molecule has 0 aliphatic heterocycles. The zero-order chi connectivity index (χ0) is 16.8. The first-order chi connectivity index (χ1) is 11.2. The fourth-order valence-corrected chi connectivity index (χ4v) is 2.62. The third kappa shape index (κ3) is 9.93. The van der Waals surface area contributed by atoms with Crippen molar-refractivity contribution < 1.29 is 9.66 Å². The molecule has 4 heteroatoms. The topological polar surface area (TPSA) is 52.4 Å². The molecule has 0 aliphatic rings. The number of ether oxygens (including phenoxy) is 1. The van der Waals surface area contributed by atoms with Crippen molar-refractivity contribution >= 4 is 5.69 Å². The van der Waals surface area contributed by atoms with Gasteiger partial charge < -0.3 is 4.74 Å². The Morgan fingerprint density at radius 3 is 1.78 bits per heavy atom. The van der Waals surface area contributed by atoms with Crippen LogP contribution in [0.25, 0.3) is 0 Å². The minimum Gasteiger partial charge on any atom is -0.494 e. The molecular formula is C19H31NO3. The smallest absolute Gasteiger partial charge is 0.269 e. The van der Waals surface area contributed by atoms with E-state index in [2.05, 4.69) is 6.92 Å². The molecule has 0 saturated heterocycles. The maximum absolute atomic E-state index is 10.5. The number of unbranched alkanes of at least 4 members (excludes halogenated alkanes) is 10. The van der Waals surface area contributed by atoms with E-state index in [9.17, 15) is 10.1 Å². The van der Waals surface area contributed by atoms with Crippen molar-refractivity contribution in [3.63, 3.8) is 0 Å². The number of hydrogen-bond acceptors (Lipinski definition) is 3. The molecule has 0 heterocycles. The standard InChI is InChI=1S/C19H31NO3/c1-2-3-4-5-6-7-8-9-10-11-12-17-23-19-15-13-18(14-16-19)20(21)22/h13-16H,2-12,17H2,1H3. The summed E-state index contributed by atoms with van der Waals surface area (Å²) in [5.41, 5.74) is 0.104. The van der Waals surface area contributed by atoms with Gasteiger partial charge in [-0.25, -0.2) is 0 Å². The van der Waals surface area contributed by atoms with Crippen molar-refractivity contribution in [3.05, 3.63) is 34.4 Å². The predicted molar refractivity (Wildman–Crippen MR) is 95.1 cm³/mol. The Morgan fingerprint density at radius 1 is 0.826 bits per heavy atom. The lowest BCUT2D eigenvalue weighted by atomic mass is 10.1. The Hall–Kier alpha value is -1.58. The highest BCUT2D eigenvalue weighted by Gasteiger charge is 2.03. The second-order valence-electron chi connectivity index (χ2n) is 6.14. The molecular weight excluding hydrogens is 290 g/mol. The van der Waals surface area contributed by atoms with Crippen LogP contribution in [0.2, 0.25) is 0 Å². The maximum Gasteiger partial charge on any atom is 0.269 e. The Bertz CT molecular complexity index is 417. The number of benzene rings is 1. The molecule has 0 fully saturated rings. The summed E-state index contributed by atoms with van der Waals surface area (Å²) in [5.74, 6) is 0.711. The average Bonchev–Trinajstić information content (AvgIpc) is 2.56. The highest BCUT2D eigenvalue weighted by Crippen LogP contribution is 2.18. The van der Waals surface area contributed by atoms with Gasteiger partial charge in [0.2, 0.25) is 0 Å². The second kappa shape index (κ2) is 12.9. The molecule has 130 valence electrons. The summed E-state index contributed by atoms with van der Waals surface area (Å²) in [6, 6.07) is 6.29. The summed E-state index contributed by atoms with van der Waals surface area (Å²) in [6.45, 7) is 2.94. The van der Waals surface area contributed by atoms with Crippen molar-refractivity contribution in [2.45, 2.75) is 77.6 Å². The Labute approximate surface area is 140 Å². The molecule has 0 aliphatic carbocycles. The van der Waals surface area contributed by atoms with Crippen LogP contribution >= 0.6 is 0 Å². The van der Waals surface area contributed by atoms with E-state index in [1.165, 1.54) is 76.3 Å². The van der Waals surface area contributed by atoms with Crippen LogP contribution in [0.4, 0.5) is 5.69 Å². The lowest BCUT2D eigenvalue weighted by molar-refractivity contribution is -0.384. The molecule has 0 unspecified atom stereocenters. The first kappa shape index (κ1) is 19.5. The number of nitro groups is 1. The summed E-state index contributed by atoms with van der Waals surface area (Å²) >= 11 is 0. The van der Waals surface area contributed by atoms with Crippen molar-refractivity contribution in [3.8, 4) is 5.75 Å². The fraction of sp³-hybridized carbons (Fsp3) is 0.684. The summed E-state index contributed by atoms with van der Waals surface area (Å²) < 4.78 is 5.60. The molecule has 23 heavy (non-hydrogen) atoms. The molecule has 0 N–H and O–H groups in total. The molecule has 4 nitrogen and oxygen atoms in total. The Balaban J connectivity index is 1.90. The van der Waals surface area contributed by atoms with Gasteiger partial charge in [-0.3, -0.25) is 10.1 Å². The average molecular weight is 321 g/mol. The molecule has 1 aromatic carbocycles. The summed E-state index contributed by atoms with van der Waals surface area (Å²) in [5, 5.41) is 10.5. The third-order valence-corrected chi connectivity index (χ3v) is 4.06. The van der Waals surface area contributed by atoms with Crippen molar-refractivity contribution in [2.24, 2.45) is 0 Å². The maximum atomic E-state index is 10.5. The molecule has 0 aromatic heterocycles. The van der Waals surface area contributed by atoms with E-state index in [4.69, 9.17) is 4.74 Å². The number of nitrogens with zero attached hydrogens (tertiary/aromatic N) is 1. The second-order valence-corrected chi connectivity index (χ2v) is 6.14. The van der Waals surface area contributed by atoms with Crippen molar-refractivity contribution in [2.75, 3.05) is 6.61 Å². The molecule has 0 amide bonds. The zero-order valence-corrected chi connectivity index (χ0v) is 14.5. The van der Waals surface area contributed by atoms with E-state index in [0.29, 0.717) is 12.4 Å². The Kier molecular flexibility index (Phi) is 10.9. The Morgan fingerprint density at radius 2 is 1.30 bits per heavy atom. The number of nitro benzene ring substituents is 1. The normalized spacial score (nSPS) is 10.7. The van der Waals surface area contributed by atoms with Crippen molar-refractivity contribution in [1.29, 1.82) is 0 Å². The van der Waals surface area contributed by atoms with Crippen LogP contribution in [-0.2, 0) is 0 Å². The molecule has 1 rings (SSSR count). The monoisotopic (exact) mass is 321 g/mol. The van der Waals surface area contributed by atoms with Gasteiger partial charge in [-0.1, -0.05) is 71.1 Å². The van der Waals surface area contributed by atoms with Crippen LogP contribution in [0.15, 0.2) is 24.3 Å². The first-order valence-electron chi connectivity index (χ1n) is 9.11. The largest absolute Gasteiger partial charge is 0.494 e. The first-order valence-corrected chi connectivity index (χ1v) is 9.11. The van der Waals surface area contributed by atoms with Gasteiger partial charge in [-0.2, -0.15) is 0 Å². The van der Waals surface area contributed by atoms with E-state index in [1.807, 2.05) is 0 Å². The van der Waals surface area contributed by atoms with Gasteiger partial charge in [0, 0.05) is 12.1 Å². The lowest BCUT2D eigenvalue weighted by Gasteiger charge is -2.06. The quantitative estimate of drug-likeness (QED) is 0.230. The van der Waals surface area contributed by atoms with Crippen LogP contribution in [-0.4, -0.2) is 11.5 Å². The van der Waals surface area contributed by atoms with Crippen LogP contribution in [0.5, 0.6) is 5.75 Å². The van der Waals surface area contributed by atoms with Gasteiger partial charge in [0.05, 0.1) is 11.5 Å². The third-order valence-electron chi connectivity index (χ3n) is 4.06. The lowest BCUT2D eigenvalue weighted by Crippen LogP contribution is -1.97. The summed E-state index contributed by atoms with van der Waals surface area (Å²) in [4.78, 5) is 10.2. The molecule has 0 spiro atoms. The zero-order valence-electron chi connectivity index (χ0n) is 14.5. The number of hydrogen-bond donors (Lipinski definition) is 0.